The molecule has 0 aromatic rings. The zero-order valence-electron chi connectivity index (χ0n) is 18.8. The number of fused-ring (bicyclic) bond motifs is 2. The van der Waals surface area contributed by atoms with Gasteiger partial charge in [-0.3, -0.25) is 5.32 Å². The van der Waals surface area contributed by atoms with Crippen molar-refractivity contribution >= 4 is 0 Å². The van der Waals surface area contributed by atoms with Gasteiger partial charge in [-0.2, -0.15) is 0 Å². The summed E-state index contributed by atoms with van der Waals surface area (Å²) in [5.41, 5.74) is 4.28. The zero-order chi connectivity index (χ0) is 21.4. The van der Waals surface area contributed by atoms with Crippen LogP contribution in [0.5, 0.6) is 0 Å². The lowest BCUT2D eigenvalue weighted by Gasteiger charge is -2.45. The van der Waals surface area contributed by atoms with Gasteiger partial charge in [0, 0.05) is 5.57 Å². The molecule has 1 heterocycles. The molecule has 0 saturated carbocycles. The van der Waals surface area contributed by atoms with Crippen LogP contribution in [0.1, 0.15) is 58.8 Å². The average molecular weight is 421 g/mol. The lowest BCUT2D eigenvalue weighted by Crippen LogP contribution is -2.54. The number of ether oxygens (including phenoxy) is 1. The summed E-state index contributed by atoms with van der Waals surface area (Å²) in [6.07, 6.45) is 23.6. The minimum absolute atomic E-state index is 0.103. The van der Waals surface area contributed by atoms with E-state index >= 15 is 0 Å². The highest BCUT2D eigenvalue weighted by molar-refractivity contribution is 5.40. The molecule has 5 unspecified atom stereocenters. The van der Waals surface area contributed by atoms with E-state index in [1.807, 2.05) is 12.2 Å². The van der Waals surface area contributed by atoms with Crippen LogP contribution in [-0.4, -0.2) is 23.4 Å². The third-order valence-electron chi connectivity index (χ3n) is 7.42. The molecule has 0 aromatic heterocycles. The van der Waals surface area contributed by atoms with Crippen molar-refractivity contribution < 1.29 is 9.84 Å². The molecule has 5 atom stereocenters. The number of aliphatic hydroxyl groups is 1. The molecular formula is C27H36N2O2. The average Bonchev–Trinajstić information content (AvgIpc) is 2.77. The van der Waals surface area contributed by atoms with Gasteiger partial charge in [-0.05, 0) is 94.3 Å². The molecule has 0 radical (unpaired) electrons. The van der Waals surface area contributed by atoms with Gasteiger partial charge >= 0.3 is 0 Å². The second-order valence-electron chi connectivity index (χ2n) is 9.84. The van der Waals surface area contributed by atoms with Crippen molar-refractivity contribution in [1.29, 1.82) is 0 Å². The lowest BCUT2D eigenvalue weighted by molar-refractivity contribution is 0.115. The molecule has 0 spiro atoms. The van der Waals surface area contributed by atoms with E-state index in [0.717, 1.165) is 30.7 Å². The maximum absolute atomic E-state index is 10.6. The molecule has 5 rings (SSSR count). The molecule has 0 amide bonds. The van der Waals surface area contributed by atoms with Gasteiger partial charge in [0.2, 0.25) is 0 Å². The van der Waals surface area contributed by atoms with Gasteiger partial charge in [0.1, 0.15) is 11.9 Å². The molecule has 4 nitrogen and oxygen atoms in total. The van der Waals surface area contributed by atoms with E-state index in [0.29, 0.717) is 23.5 Å². The van der Waals surface area contributed by atoms with E-state index in [9.17, 15) is 5.11 Å². The van der Waals surface area contributed by atoms with Crippen molar-refractivity contribution in [2.75, 3.05) is 0 Å². The first kappa shape index (κ1) is 20.7. The highest BCUT2D eigenvalue weighted by Crippen LogP contribution is 2.48. The monoisotopic (exact) mass is 420 g/mol. The standard InChI is InChI=1S/C27H36N2O2/c1-17(2)31-25-16-23(28-27(29-25)22-13-7-8-14-24(22)30)26-20-11-5-3-9-18(20)15-19-10-4-6-12-21(19)26/h3-4,8-10,14,16-20,23,27-30H,5-7,11-13,15H2,1-2H3. The van der Waals surface area contributed by atoms with Gasteiger partial charge in [0.25, 0.3) is 0 Å². The minimum Gasteiger partial charge on any atom is -0.508 e. The Balaban J connectivity index is 1.55. The Morgan fingerprint density at radius 1 is 1.03 bits per heavy atom. The van der Waals surface area contributed by atoms with Gasteiger partial charge in [0.15, 0.2) is 5.88 Å². The fraction of sp³-hybridized carbons (Fsp3) is 0.556. The predicted molar refractivity (Wildman–Crippen MR) is 125 cm³/mol. The van der Waals surface area contributed by atoms with Crippen LogP contribution < -0.4 is 10.6 Å². The maximum Gasteiger partial charge on any atom is 0.186 e. The maximum atomic E-state index is 10.6. The molecule has 31 heavy (non-hydrogen) atoms. The molecule has 0 saturated heterocycles. The van der Waals surface area contributed by atoms with E-state index in [4.69, 9.17) is 4.74 Å². The molecule has 4 heteroatoms. The quantitative estimate of drug-likeness (QED) is 0.522. The first-order valence-corrected chi connectivity index (χ1v) is 12.2. The molecule has 5 aliphatic rings. The minimum atomic E-state index is -0.112. The fourth-order valence-corrected chi connectivity index (χ4v) is 6.13. The summed E-state index contributed by atoms with van der Waals surface area (Å²) in [5.74, 6) is 3.02. The Kier molecular flexibility index (Phi) is 5.83. The van der Waals surface area contributed by atoms with Crippen molar-refractivity contribution in [2.45, 2.75) is 77.1 Å². The largest absolute Gasteiger partial charge is 0.508 e. The normalized spacial score (nSPS) is 34.9. The lowest BCUT2D eigenvalue weighted by atomic mass is 9.63. The molecule has 1 aliphatic heterocycles. The van der Waals surface area contributed by atoms with Crippen LogP contribution in [0.4, 0.5) is 0 Å². The summed E-state index contributed by atoms with van der Waals surface area (Å²) < 4.78 is 6.18. The van der Waals surface area contributed by atoms with Crippen LogP contribution in [0.3, 0.4) is 0 Å². The van der Waals surface area contributed by atoms with Gasteiger partial charge in [-0.25, -0.2) is 0 Å². The van der Waals surface area contributed by atoms with Crippen LogP contribution in [0.2, 0.25) is 0 Å². The zero-order valence-corrected chi connectivity index (χ0v) is 18.8. The summed E-state index contributed by atoms with van der Waals surface area (Å²) in [4.78, 5) is 0. The van der Waals surface area contributed by atoms with Crippen LogP contribution in [0, 0.1) is 17.8 Å². The number of hydrogen-bond acceptors (Lipinski definition) is 4. The first-order chi connectivity index (χ1) is 15.1. The summed E-state index contributed by atoms with van der Waals surface area (Å²) >= 11 is 0. The van der Waals surface area contributed by atoms with Crippen molar-refractivity contribution in [3.8, 4) is 0 Å². The Bertz CT molecular complexity index is 889. The number of rotatable bonds is 4. The third kappa shape index (κ3) is 4.15. The van der Waals surface area contributed by atoms with Crippen molar-refractivity contribution in [3.05, 3.63) is 70.9 Å². The predicted octanol–water partition coefficient (Wildman–Crippen LogP) is 5.55. The smallest absolute Gasteiger partial charge is 0.186 e. The Labute approximate surface area is 186 Å². The van der Waals surface area contributed by atoms with E-state index in [-0.39, 0.29) is 18.3 Å². The highest BCUT2D eigenvalue weighted by Gasteiger charge is 2.40. The Morgan fingerprint density at radius 2 is 1.84 bits per heavy atom. The topological polar surface area (TPSA) is 53.5 Å². The van der Waals surface area contributed by atoms with E-state index in [2.05, 4.69) is 54.9 Å². The molecular weight excluding hydrogens is 384 g/mol. The second-order valence-corrected chi connectivity index (χ2v) is 9.84. The SMILES string of the molecule is CC(C)OC1=CC(C2=C3CCC=CC3CC3C=CCCC23)NC(C2=C(O)C=CCC2)N1. The number of aliphatic hydroxyl groups excluding tert-OH is 1. The van der Waals surface area contributed by atoms with Crippen molar-refractivity contribution in [2.24, 2.45) is 17.8 Å². The van der Waals surface area contributed by atoms with Gasteiger partial charge in [0.05, 0.1) is 12.1 Å². The van der Waals surface area contributed by atoms with Crippen LogP contribution in [0.25, 0.3) is 0 Å². The Hall–Kier alpha value is -2.20. The van der Waals surface area contributed by atoms with Gasteiger partial charge in [-0.1, -0.05) is 36.0 Å². The van der Waals surface area contributed by atoms with Crippen molar-refractivity contribution in [1.82, 2.24) is 10.6 Å². The molecule has 166 valence electrons. The molecule has 0 aromatic carbocycles. The van der Waals surface area contributed by atoms with Crippen molar-refractivity contribution in [3.63, 3.8) is 0 Å². The molecule has 0 bridgehead atoms. The van der Waals surface area contributed by atoms with E-state index < -0.39 is 0 Å². The second kappa shape index (κ2) is 8.74. The van der Waals surface area contributed by atoms with Crippen LogP contribution >= 0.6 is 0 Å². The summed E-state index contributed by atoms with van der Waals surface area (Å²) in [7, 11) is 0. The number of allylic oxidation sites excluding steroid dienone is 7. The summed E-state index contributed by atoms with van der Waals surface area (Å²) in [6.45, 7) is 4.14. The molecule has 3 N–H and O–H groups in total. The number of nitrogens with one attached hydrogen (secondary N) is 2. The van der Waals surface area contributed by atoms with E-state index in [1.54, 1.807) is 11.1 Å². The van der Waals surface area contributed by atoms with Crippen LogP contribution in [0.15, 0.2) is 70.9 Å². The van der Waals surface area contributed by atoms with Crippen LogP contribution in [-0.2, 0) is 4.74 Å². The Morgan fingerprint density at radius 3 is 2.68 bits per heavy atom. The third-order valence-corrected chi connectivity index (χ3v) is 7.42. The first-order valence-electron chi connectivity index (χ1n) is 12.2. The summed E-state index contributed by atoms with van der Waals surface area (Å²) in [5, 5.41) is 18.0. The number of hydrogen-bond donors (Lipinski definition) is 3. The summed E-state index contributed by atoms with van der Waals surface area (Å²) in [6, 6.07) is 0.134. The van der Waals surface area contributed by atoms with E-state index in [1.165, 1.54) is 25.7 Å². The fourth-order valence-electron chi connectivity index (χ4n) is 6.13. The molecule has 0 fully saturated rings. The highest BCUT2D eigenvalue weighted by atomic mass is 16.5. The van der Waals surface area contributed by atoms with Gasteiger partial charge in [-0.15, -0.1) is 0 Å². The molecule has 4 aliphatic carbocycles. The van der Waals surface area contributed by atoms with Gasteiger partial charge < -0.3 is 15.2 Å².